The number of thiophene rings is 1. The van der Waals surface area contributed by atoms with Crippen molar-refractivity contribution in [3.05, 3.63) is 57.6 Å². The van der Waals surface area contributed by atoms with Gasteiger partial charge < -0.3 is 20.1 Å². The van der Waals surface area contributed by atoms with Gasteiger partial charge in [-0.1, -0.05) is 11.3 Å². The Morgan fingerprint density at radius 3 is 2.70 bits per heavy atom. The number of hydrogen-bond donors (Lipinski definition) is 1. The Bertz CT molecular complexity index is 1500. The monoisotopic (exact) mass is 513 g/mol. The number of ether oxygens (including phenoxy) is 2. The molecule has 6 heterocycles. The minimum atomic E-state index is -0.600. The quantitative estimate of drug-likeness (QED) is 0.643. The zero-order valence-electron chi connectivity index (χ0n) is 20.8. The number of benzene rings is 1. The molecule has 1 atom stereocenters. The van der Waals surface area contributed by atoms with Crippen molar-refractivity contribution in [1.82, 2.24) is 0 Å². The van der Waals surface area contributed by atoms with E-state index in [1.807, 2.05) is 18.2 Å². The molecule has 2 bridgehead atoms. The first-order chi connectivity index (χ1) is 18.0. The average Bonchev–Trinajstić information content (AvgIpc) is 3.36. The van der Waals surface area contributed by atoms with E-state index >= 15 is 0 Å². The van der Waals surface area contributed by atoms with Gasteiger partial charge in [-0.3, -0.25) is 9.69 Å². The molecule has 8 nitrogen and oxygen atoms in total. The topological polar surface area (TPSA) is 104 Å². The van der Waals surface area contributed by atoms with Crippen molar-refractivity contribution in [3.63, 3.8) is 0 Å². The Hall–Kier alpha value is -3.77. The second kappa shape index (κ2) is 8.12. The number of nitriles is 1. The van der Waals surface area contributed by atoms with E-state index in [2.05, 4.69) is 15.9 Å². The van der Waals surface area contributed by atoms with E-state index in [9.17, 15) is 10.1 Å². The van der Waals surface area contributed by atoms with Crippen LogP contribution in [0.25, 0.3) is 0 Å². The van der Waals surface area contributed by atoms with E-state index in [4.69, 9.17) is 20.2 Å². The van der Waals surface area contributed by atoms with Crippen molar-refractivity contribution in [2.45, 2.75) is 43.9 Å². The van der Waals surface area contributed by atoms with Crippen LogP contribution in [0.4, 0.5) is 10.0 Å². The highest BCUT2D eigenvalue weighted by molar-refractivity contribution is 7.21. The van der Waals surface area contributed by atoms with Crippen LogP contribution in [-0.2, 0) is 4.79 Å². The molecule has 1 aromatic carbocycles. The van der Waals surface area contributed by atoms with Gasteiger partial charge >= 0.3 is 0 Å². The summed E-state index contributed by atoms with van der Waals surface area (Å²) < 4.78 is 11.2. The number of amidine groups is 1. The summed E-state index contributed by atoms with van der Waals surface area (Å²) in [6, 6.07) is 7.92. The van der Waals surface area contributed by atoms with Gasteiger partial charge in [0.1, 0.15) is 22.3 Å². The predicted octanol–water partition coefficient (Wildman–Crippen LogP) is 4.53. The lowest BCUT2D eigenvalue weighted by atomic mass is 9.75. The van der Waals surface area contributed by atoms with Gasteiger partial charge in [-0.15, -0.1) is 0 Å². The van der Waals surface area contributed by atoms with E-state index in [0.29, 0.717) is 46.6 Å². The third-order valence-electron chi connectivity index (χ3n) is 8.38. The molecule has 188 valence electrons. The molecular weight excluding hydrogens is 486 g/mol. The van der Waals surface area contributed by atoms with Gasteiger partial charge in [0, 0.05) is 41.9 Å². The smallest absolute Gasteiger partial charge is 0.161 e. The Morgan fingerprint density at radius 2 is 1.97 bits per heavy atom. The van der Waals surface area contributed by atoms with Gasteiger partial charge in [0.2, 0.25) is 0 Å². The summed E-state index contributed by atoms with van der Waals surface area (Å²) in [5.74, 6) is 2.17. The number of methoxy groups -OCH3 is 2. The highest BCUT2D eigenvalue weighted by Gasteiger charge is 2.47. The second-order valence-electron chi connectivity index (χ2n) is 10.1. The lowest BCUT2D eigenvalue weighted by Crippen LogP contribution is -2.40. The Balaban J connectivity index is 1.51. The van der Waals surface area contributed by atoms with E-state index in [-0.39, 0.29) is 5.78 Å². The average molecular weight is 514 g/mol. The van der Waals surface area contributed by atoms with Crippen LogP contribution >= 0.6 is 11.3 Å². The normalized spacial score (nSPS) is 22.2. The summed E-state index contributed by atoms with van der Waals surface area (Å²) in [7, 11) is 3.20. The number of carbonyl (C=O) groups excluding carboxylic acids is 1. The van der Waals surface area contributed by atoms with Gasteiger partial charge in [-0.25, -0.2) is 4.99 Å². The first-order valence-corrected chi connectivity index (χ1v) is 13.6. The maximum atomic E-state index is 13.6. The molecule has 8 rings (SSSR count). The number of rotatable bonds is 3. The van der Waals surface area contributed by atoms with Crippen molar-refractivity contribution in [3.8, 4) is 17.6 Å². The van der Waals surface area contributed by atoms with Gasteiger partial charge in [-0.2, -0.15) is 5.26 Å². The van der Waals surface area contributed by atoms with Crippen molar-refractivity contribution in [2.75, 3.05) is 37.1 Å². The number of nitrogens with zero attached hydrogens (tertiary/aromatic N) is 4. The van der Waals surface area contributed by atoms with Crippen molar-refractivity contribution >= 4 is 33.0 Å². The van der Waals surface area contributed by atoms with Crippen LogP contribution in [0.1, 0.15) is 60.6 Å². The first kappa shape index (κ1) is 22.4. The van der Waals surface area contributed by atoms with Crippen LogP contribution in [0.15, 0.2) is 45.9 Å². The van der Waals surface area contributed by atoms with Crippen LogP contribution in [-0.4, -0.2) is 38.9 Å². The molecule has 37 heavy (non-hydrogen) atoms. The summed E-state index contributed by atoms with van der Waals surface area (Å²) in [5, 5.41) is 12.8. The lowest BCUT2D eigenvalue weighted by Gasteiger charge is -2.41. The molecule has 1 aromatic heterocycles. The van der Waals surface area contributed by atoms with Crippen molar-refractivity contribution in [1.29, 1.82) is 5.26 Å². The minimum Gasteiger partial charge on any atom is -0.497 e. The molecule has 9 heteroatoms. The van der Waals surface area contributed by atoms with Gasteiger partial charge in [0.25, 0.3) is 0 Å². The molecule has 0 spiro atoms. The van der Waals surface area contributed by atoms with E-state index in [1.54, 1.807) is 25.6 Å². The van der Waals surface area contributed by atoms with Crippen LogP contribution in [0, 0.1) is 11.3 Å². The van der Waals surface area contributed by atoms with Crippen LogP contribution in [0.5, 0.6) is 11.5 Å². The van der Waals surface area contributed by atoms with Gasteiger partial charge in [-0.05, 0) is 49.8 Å². The molecule has 0 saturated carbocycles. The molecule has 6 aliphatic rings. The van der Waals surface area contributed by atoms with Gasteiger partial charge in [0.15, 0.2) is 11.6 Å². The Morgan fingerprint density at radius 1 is 1.16 bits per heavy atom. The summed E-state index contributed by atoms with van der Waals surface area (Å²) in [6.45, 7) is 2.12. The number of piperidine rings is 1. The van der Waals surface area contributed by atoms with E-state index < -0.39 is 5.92 Å². The predicted molar refractivity (Wildman–Crippen MR) is 143 cm³/mol. The first-order valence-electron chi connectivity index (χ1n) is 12.7. The van der Waals surface area contributed by atoms with Crippen LogP contribution < -0.4 is 25.0 Å². The zero-order valence-corrected chi connectivity index (χ0v) is 21.7. The standard InChI is InChI=1S/C28H27N5O3S/c1-35-15-6-7-20(36-2)16(12-15)22-17(13-29)26-31-25(30)24-21-14-8-10-32(11-9-14)27(21)37-28(24)33(26)18-4-3-5-19(34)23(18)22/h6-7,12,14,22H,3-5,8-11H2,1-2H3,(H2,30,31)/t22-/m0/s1. The molecule has 2 N–H and O–H groups in total. The fourth-order valence-corrected chi connectivity index (χ4v) is 8.21. The summed E-state index contributed by atoms with van der Waals surface area (Å²) >= 11 is 1.73. The largest absolute Gasteiger partial charge is 0.497 e. The zero-order chi connectivity index (χ0) is 25.4. The number of nitrogens with two attached hydrogens (primary N) is 1. The van der Waals surface area contributed by atoms with E-state index in [0.717, 1.165) is 60.6 Å². The fraction of sp³-hybridized carbons (Fsp3) is 0.393. The molecule has 0 radical (unpaired) electrons. The fourth-order valence-electron chi connectivity index (χ4n) is 6.73. The number of Topliss-reactive ketones (excluding diaryl/α,β-unsaturated/α-hetero) is 1. The van der Waals surface area contributed by atoms with E-state index in [1.165, 1.54) is 10.6 Å². The Kier molecular flexibility index (Phi) is 4.92. The molecule has 0 unspecified atom stereocenters. The molecular formula is C28H27N5O3S. The number of aliphatic imine (C=N–C) groups is 1. The molecule has 1 fully saturated rings. The lowest BCUT2D eigenvalue weighted by molar-refractivity contribution is -0.116. The van der Waals surface area contributed by atoms with Crippen molar-refractivity contribution < 1.29 is 14.3 Å². The third kappa shape index (κ3) is 2.99. The van der Waals surface area contributed by atoms with Crippen LogP contribution in [0.2, 0.25) is 0 Å². The molecule has 2 aromatic rings. The number of ketones is 1. The molecule has 1 aliphatic carbocycles. The highest BCUT2D eigenvalue weighted by atomic mass is 32.1. The summed E-state index contributed by atoms with van der Waals surface area (Å²) in [5.41, 5.74) is 11.7. The number of carbonyl (C=O) groups is 1. The molecule has 1 saturated heterocycles. The third-order valence-corrected chi connectivity index (χ3v) is 9.63. The second-order valence-corrected chi connectivity index (χ2v) is 11.1. The summed E-state index contributed by atoms with van der Waals surface area (Å²) in [6.07, 6.45) is 4.20. The number of hydrogen-bond acceptors (Lipinski definition) is 9. The maximum absolute atomic E-state index is 13.6. The SMILES string of the molecule is COc1ccc(OC)c([C@H]2C(C#N)=C3N=C(N)c4c(sc5c4C4CCN5CC4)N3C3=C2C(=O)CCC3)c1. The summed E-state index contributed by atoms with van der Waals surface area (Å²) in [4.78, 5) is 23.1. The van der Waals surface area contributed by atoms with Crippen molar-refractivity contribution in [2.24, 2.45) is 10.7 Å². The minimum absolute atomic E-state index is 0.0668. The number of anilines is 2. The molecule has 0 amide bonds. The highest BCUT2D eigenvalue weighted by Crippen LogP contribution is 2.58. The van der Waals surface area contributed by atoms with Crippen LogP contribution in [0.3, 0.4) is 0 Å². The van der Waals surface area contributed by atoms with Gasteiger partial charge in [0.05, 0.1) is 42.3 Å². The molecule has 5 aliphatic heterocycles. The number of fused-ring (bicyclic) bond motifs is 6. The number of allylic oxidation sites excluding steroid dienone is 3. The Labute approximate surface area is 219 Å². The maximum Gasteiger partial charge on any atom is 0.161 e.